The Bertz CT molecular complexity index is 563. The Hall–Kier alpha value is -1.52. The maximum Gasteiger partial charge on any atom is 0.246 e. The predicted molar refractivity (Wildman–Crippen MR) is 65.6 cm³/mol. The second-order valence-electron chi connectivity index (χ2n) is 3.50. The van der Waals surface area contributed by atoms with Gasteiger partial charge in [0.15, 0.2) is 5.82 Å². The number of hydrogen-bond acceptors (Lipinski definition) is 4. The van der Waals surface area contributed by atoms with Gasteiger partial charge in [0.1, 0.15) is 4.90 Å². The molecule has 0 unspecified atom stereocenters. The first kappa shape index (κ1) is 13.5. The number of nitrogens with two attached hydrogens (primary N) is 1. The van der Waals surface area contributed by atoms with E-state index in [1.54, 1.807) is 20.9 Å². The van der Waals surface area contributed by atoms with Crippen LogP contribution in [0.4, 0.5) is 5.82 Å². The van der Waals surface area contributed by atoms with E-state index in [4.69, 9.17) is 5.73 Å². The van der Waals surface area contributed by atoms with Gasteiger partial charge in [0.25, 0.3) is 0 Å². The van der Waals surface area contributed by atoms with Crippen LogP contribution in [0.15, 0.2) is 4.90 Å². The number of aromatic nitrogens is 2. The molecule has 0 aliphatic rings. The topological polar surface area (TPSA) is 90.0 Å². The Morgan fingerprint density at radius 3 is 2.65 bits per heavy atom. The number of nitrogens with one attached hydrogen (secondary N) is 1. The van der Waals surface area contributed by atoms with Crippen molar-refractivity contribution in [3.8, 4) is 11.8 Å². The van der Waals surface area contributed by atoms with Crippen LogP contribution in [0.25, 0.3) is 0 Å². The molecule has 0 saturated heterocycles. The molecule has 0 amide bonds. The molecule has 3 N–H and O–H groups in total. The molecule has 0 atom stereocenters. The van der Waals surface area contributed by atoms with E-state index in [2.05, 4.69) is 21.7 Å². The summed E-state index contributed by atoms with van der Waals surface area (Å²) >= 11 is 0. The minimum atomic E-state index is -3.61. The quantitative estimate of drug-likeness (QED) is 0.586. The third-order valence-corrected chi connectivity index (χ3v) is 3.92. The summed E-state index contributed by atoms with van der Waals surface area (Å²) in [7, 11) is -1.96. The van der Waals surface area contributed by atoms with Gasteiger partial charge in [-0.05, 0) is 13.8 Å². The molecular formula is C10H16N4O2S. The van der Waals surface area contributed by atoms with Crippen molar-refractivity contribution in [2.24, 2.45) is 7.05 Å². The van der Waals surface area contributed by atoms with Gasteiger partial charge in [-0.1, -0.05) is 0 Å². The van der Waals surface area contributed by atoms with Gasteiger partial charge in [-0.2, -0.15) is 5.10 Å². The Morgan fingerprint density at radius 1 is 1.53 bits per heavy atom. The highest BCUT2D eigenvalue weighted by Gasteiger charge is 2.23. The Balaban J connectivity index is 2.92. The van der Waals surface area contributed by atoms with Crippen molar-refractivity contribution in [1.29, 1.82) is 0 Å². The second kappa shape index (κ2) is 5.21. The number of anilines is 1. The number of aryl methyl sites for hydroxylation is 1. The molecule has 1 heterocycles. The SMILES string of the molecule is CC#CCCNS(=O)(=O)c1c(N)nn(C)c1C. The highest BCUT2D eigenvalue weighted by Crippen LogP contribution is 2.20. The largest absolute Gasteiger partial charge is 0.381 e. The number of nitrogen functional groups attached to an aromatic ring is 1. The van der Waals surface area contributed by atoms with Crippen LogP contribution in [-0.2, 0) is 17.1 Å². The fourth-order valence-corrected chi connectivity index (χ4v) is 2.74. The van der Waals surface area contributed by atoms with Crippen molar-refractivity contribution in [2.75, 3.05) is 12.3 Å². The highest BCUT2D eigenvalue weighted by molar-refractivity contribution is 7.89. The van der Waals surface area contributed by atoms with Crippen LogP contribution in [0, 0.1) is 18.8 Å². The molecule has 0 spiro atoms. The van der Waals surface area contributed by atoms with Crippen LogP contribution < -0.4 is 10.5 Å². The molecular weight excluding hydrogens is 240 g/mol. The summed E-state index contributed by atoms with van der Waals surface area (Å²) in [4.78, 5) is 0.0458. The third kappa shape index (κ3) is 2.99. The van der Waals surface area contributed by atoms with Crippen molar-refractivity contribution >= 4 is 15.8 Å². The molecule has 94 valence electrons. The van der Waals surface area contributed by atoms with Crippen LogP contribution >= 0.6 is 0 Å². The summed E-state index contributed by atoms with van der Waals surface area (Å²) in [6, 6.07) is 0. The van der Waals surface area contributed by atoms with E-state index in [1.165, 1.54) is 4.68 Å². The fourth-order valence-electron chi connectivity index (χ4n) is 1.39. The van der Waals surface area contributed by atoms with Gasteiger partial charge in [0.2, 0.25) is 10.0 Å². The Kier molecular flexibility index (Phi) is 4.15. The van der Waals surface area contributed by atoms with Gasteiger partial charge < -0.3 is 5.73 Å². The first-order valence-electron chi connectivity index (χ1n) is 5.08. The first-order chi connectivity index (χ1) is 7.90. The van der Waals surface area contributed by atoms with E-state index in [0.717, 1.165) is 0 Å². The van der Waals surface area contributed by atoms with Crippen LogP contribution in [-0.4, -0.2) is 24.7 Å². The highest BCUT2D eigenvalue weighted by atomic mass is 32.2. The molecule has 1 rings (SSSR count). The van der Waals surface area contributed by atoms with Crippen LogP contribution in [0.1, 0.15) is 19.0 Å². The average molecular weight is 256 g/mol. The van der Waals surface area contributed by atoms with Gasteiger partial charge in [0, 0.05) is 20.0 Å². The number of sulfonamides is 1. The molecule has 0 fully saturated rings. The lowest BCUT2D eigenvalue weighted by Gasteiger charge is -2.04. The summed E-state index contributed by atoms with van der Waals surface area (Å²) in [5.41, 5.74) is 6.09. The summed E-state index contributed by atoms with van der Waals surface area (Å²) in [5, 5.41) is 3.87. The minimum absolute atomic E-state index is 0.0130. The zero-order chi connectivity index (χ0) is 13.1. The molecule has 1 aromatic heterocycles. The van der Waals surface area contributed by atoms with E-state index in [-0.39, 0.29) is 17.3 Å². The van der Waals surface area contributed by atoms with Crippen molar-refractivity contribution in [2.45, 2.75) is 25.2 Å². The lowest BCUT2D eigenvalue weighted by atomic mass is 10.4. The van der Waals surface area contributed by atoms with Gasteiger partial charge >= 0.3 is 0 Å². The summed E-state index contributed by atoms with van der Waals surface area (Å²) in [5.74, 6) is 5.49. The fraction of sp³-hybridized carbons (Fsp3) is 0.500. The van der Waals surface area contributed by atoms with Gasteiger partial charge in [-0.15, -0.1) is 11.8 Å². The molecule has 0 aliphatic carbocycles. The zero-order valence-corrected chi connectivity index (χ0v) is 10.9. The maximum absolute atomic E-state index is 12.0. The predicted octanol–water partition coefficient (Wildman–Crippen LogP) is 0.00242. The molecule has 7 heteroatoms. The second-order valence-corrected chi connectivity index (χ2v) is 5.20. The number of nitrogens with zero attached hydrogens (tertiary/aromatic N) is 2. The van der Waals surface area contributed by atoms with Crippen molar-refractivity contribution in [3.63, 3.8) is 0 Å². The maximum atomic E-state index is 12.0. The van der Waals surface area contributed by atoms with Crippen LogP contribution in [0.3, 0.4) is 0 Å². The zero-order valence-electron chi connectivity index (χ0n) is 10.1. The van der Waals surface area contributed by atoms with E-state index in [9.17, 15) is 8.42 Å². The van der Waals surface area contributed by atoms with Gasteiger partial charge in [-0.25, -0.2) is 13.1 Å². The molecule has 0 aromatic carbocycles. The normalized spacial score (nSPS) is 11.0. The van der Waals surface area contributed by atoms with Crippen molar-refractivity contribution < 1.29 is 8.42 Å². The standard InChI is InChI=1S/C10H16N4O2S/c1-4-5-6-7-12-17(15,16)9-8(2)14(3)13-10(9)11/h12H,6-7H2,1-3H3,(H2,11,13). The van der Waals surface area contributed by atoms with Crippen molar-refractivity contribution in [1.82, 2.24) is 14.5 Å². The molecule has 0 radical (unpaired) electrons. The van der Waals surface area contributed by atoms with Crippen LogP contribution in [0.2, 0.25) is 0 Å². The minimum Gasteiger partial charge on any atom is -0.381 e. The molecule has 1 aromatic rings. The van der Waals surface area contributed by atoms with Gasteiger partial charge in [-0.3, -0.25) is 4.68 Å². The summed E-state index contributed by atoms with van der Waals surface area (Å²) < 4.78 is 27.8. The summed E-state index contributed by atoms with van der Waals surface area (Å²) in [6.45, 7) is 3.62. The Morgan fingerprint density at radius 2 is 2.18 bits per heavy atom. The Labute approximate surface area is 101 Å². The lowest BCUT2D eigenvalue weighted by molar-refractivity contribution is 0.581. The first-order valence-corrected chi connectivity index (χ1v) is 6.56. The van der Waals surface area contributed by atoms with E-state index in [1.807, 2.05) is 0 Å². The average Bonchev–Trinajstić information content (AvgIpc) is 2.48. The smallest absolute Gasteiger partial charge is 0.246 e. The summed E-state index contributed by atoms with van der Waals surface area (Å²) in [6.07, 6.45) is 0.467. The van der Waals surface area contributed by atoms with E-state index in [0.29, 0.717) is 12.1 Å². The monoisotopic (exact) mass is 256 g/mol. The lowest BCUT2D eigenvalue weighted by Crippen LogP contribution is -2.25. The van der Waals surface area contributed by atoms with Crippen molar-refractivity contribution in [3.05, 3.63) is 5.69 Å². The molecule has 6 nitrogen and oxygen atoms in total. The van der Waals surface area contributed by atoms with E-state index < -0.39 is 10.0 Å². The molecule has 0 saturated carbocycles. The molecule has 0 aliphatic heterocycles. The molecule has 17 heavy (non-hydrogen) atoms. The third-order valence-electron chi connectivity index (χ3n) is 2.29. The van der Waals surface area contributed by atoms with E-state index >= 15 is 0 Å². The number of hydrogen-bond donors (Lipinski definition) is 2. The number of rotatable bonds is 4. The van der Waals surface area contributed by atoms with Crippen LogP contribution in [0.5, 0.6) is 0 Å². The molecule has 0 bridgehead atoms. The van der Waals surface area contributed by atoms with Gasteiger partial charge in [0.05, 0.1) is 5.69 Å².